The third-order valence-electron chi connectivity index (χ3n) is 3.64. The van der Waals surface area contributed by atoms with E-state index in [9.17, 15) is 13.6 Å². The molecule has 1 aromatic carbocycles. The van der Waals surface area contributed by atoms with Crippen LogP contribution in [0.3, 0.4) is 0 Å². The van der Waals surface area contributed by atoms with Crippen LogP contribution >= 0.6 is 0 Å². The number of ether oxygens (including phenoxy) is 1. The van der Waals surface area contributed by atoms with E-state index in [-0.39, 0.29) is 17.7 Å². The highest BCUT2D eigenvalue weighted by molar-refractivity contribution is 5.86. The van der Waals surface area contributed by atoms with Gasteiger partial charge in [-0.2, -0.15) is 8.78 Å². The maximum absolute atomic E-state index is 12.2. The summed E-state index contributed by atoms with van der Waals surface area (Å²) in [5, 5.41) is 2.81. The van der Waals surface area contributed by atoms with Gasteiger partial charge in [-0.25, -0.2) is 0 Å². The highest BCUT2D eigenvalue weighted by Gasteiger charge is 2.30. The first kappa shape index (κ1) is 17.4. The van der Waals surface area contributed by atoms with E-state index in [4.69, 9.17) is 5.73 Å². The lowest BCUT2D eigenvalue weighted by Crippen LogP contribution is -2.53. The molecule has 1 unspecified atom stereocenters. The molecule has 1 rings (SSSR count). The average molecular weight is 300 g/mol. The molecule has 0 aliphatic carbocycles. The van der Waals surface area contributed by atoms with Crippen LogP contribution in [0.5, 0.6) is 5.75 Å². The quantitative estimate of drug-likeness (QED) is 0.813. The van der Waals surface area contributed by atoms with Crippen molar-refractivity contribution in [2.75, 3.05) is 0 Å². The number of amides is 1. The Balaban J connectivity index is 2.80. The van der Waals surface area contributed by atoms with Crippen molar-refractivity contribution < 1.29 is 18.3 Å². The molecule has 6 heteroatoms. The second-order valence-corrected chi connectivity index (χ2v) is 5.01. The van der Waals surface area contributed by atoms with E-state index in [0.29, 0.717) is 18.4 Å². The molecular weight excluding hydrogens is 278 g/mol. The molecule has 1 atom stereocenters. The molecule has 21 heavy (non-hydrogen) atoms. The summed E-state index contributed by atoms with van der Waals surface area (Å²) in [6, 6.07) is 5.91. The lowest BCUT2D eigenvalue weighted by molar-refractivity contribution is -0.127. The van der Waals surface area contributed by atoms with Gasteiger partial charge in [0.25, 0.3) is 0 Å². The van der Waals surface area contributed by atoms with Crippen LogP contribution in [-0.4, -0.2) is 18.1 Å². The predicted octanol–water partition coefficient (Wildman–Crippen LogP) is 2.98. The highest BCUT2D eigenvalue weighted by Crippen LogP contribution is 2.22. The summed E-state index contributed by atoms with van der Waals surface area (Å²) in [7, 11) is 0. The first-order chi connectivity index (χ1) is 9.82. The van der Waals surface area contributed by atoms with E-state index < -0.39 is 12.2 Å². The van der Waals surface area contributed by atoms with Gasteiger partial charge in [0, 0.05) is 0 Å². The Morgan fingerprint density at radius 2 is 2.00 bits per heavy atom. The van der Waals surface area contributed by atoms with Gasteiger partial charge in [-0.15, -0.1) is 0 Å². The van der Waals surface area contributed by atoms with E-state index in [1.54, 1.807) is 19.1 Å². The molecule has 0 saturated carbocycles. The van der Waals surface area contributed by atoms with Crippen LogP contribution in [0.2, 0.25) is 0 Å². The number of carbonyl (C=O) groups excluding carboxylic acids is 1. The standard InChI is InChI=1S/C15H22F2N2O2/c1-4-15(18,5-2)13(20)19-10(3)11-7-6-8-12(9-11)21-14(16)17/h6-10,14H,4-5,18H2,1-3H3,(H,19,20). The molecule has 0 aliphatic rings. The van der Waals surface area contributed by atoms with Gasteiger partial charge in [0.15, 0.2) is 0 Å². The monoisotopic (exact) mass is 300 g/mol. The molecule has 0 aliphatic heterocycles. The number of nitrogens with two attached hydrogens (primary N) is 1. The van der Waals surface area contributed by atoms with Crippen LogP contribution in [0.1, 0.15) is 45.2 Å². The number of hydrogen-bond acceptors (Lipinski definition) is 3. The summed E-state index contributed by atoms with van der Waals surface area (Å²) < 4.78 is 28.8. The van der Waals surface area contributed by atoms with Crippen molar-refractivity contribution >= 4 is 5.91 Å². The van der Waals surface area contributed by atoms with Gasteiger partial charge in [0.1, 0.15) is 5.75 Å². The second kappa shape index (κ2) is 7.36. The number of nitrogens with one attached hydrogen (secondary N) is 1. The fraction of sp³-hybridized carbons (Fsp3) is 0.533. The third-order valence-corrected chi connectivity index (χ3v) is 3.64. The molecule has 0 heterocycles. The van der Waals surface area contributed by atoms with E-state index >= 15 is 0 Å². The van der Waals surface area contributed by atoms with Crippen LogP contribution in [-0.2, 0) is 4.79 Å². The first-order valence-electron chi connectivity index (χ1n) is 6.97. The number of benzene rings is 1. The molecule has 0 radical (unpaired) electrons. The fourth-order valence-corrected chi connectivity index (χ4v) is 1.95. The van der Waals surface area contributed by atoms with Crippen LogP contribution in [0.15, 0.2) is 24.3 Å². The molecule has 4 nitrogen and oxygen atoms in total. The normalized spacial score (nSPS) is 13.1. The summed E-state index contributed by atoms with van der Waals surface area (Å²) in [5.74, 6) is -0.186. The zero-order valence-corrected chi connectivity index (χ0v) is 12.5. The molecule has 0 fully saturated rings. The zero-order chi connectivity index (χ0) is 16.0. The Bertz CT molecular complexity index is 476. The van der Waals surface area contributed by atoms with Gasteiger partial charge >= 0.3 is 6.61 Å². The number of carbonyl (C=O) groups is 1. The van der Waals surface area contributed by atoms with Gasteiger partial charge in [0.2, 0.25) is 5.91 Å². The molecule has 1 aromatic rings. The summed E-state index contributed by atoms with van der Waals surface area (Å²) in [6.07, 6.45) is 1.05. The maximum atomic E-state index is 12.2. The first-order valence-corrected chi connectivity index (χ1v) is 6.97. The second-order valence-electron chi connectivity index (χ2n) is 5.01. The molecule has 0 saturated heterocycles. The Hall–Kier alpha value is -1.69. The van der Waals surface area contributed by atoms with Gasteiger partial charge in [0.05, 0.1) is 11.6 Å². The fourth-order valence-electron chi connectivity index (χ4n) is 1.95. The smallest absolute Gasteiger partial charge is 0.387 e. The maximum Gasteiger partial charge on any atom is 0.387 e. The van der Waals surface area contributed by atoms with Crippen LogP contribution in [0, 0.1) is 0 Å². The number of hydrogen-bond donors (Lipinski definition) is 2. The van der Waals surface area contributed by atoms with Gasteiger partial charge in [-0.05, 0) is 37.5 Å². The largest absolute Gasteiger partial charge is 0.435 e. The van der Waals surface area contributed by atoms with Crippen LogP contribution in [0.25, 0.3) is 0 Å². The van der Waals surface area contributed by atoms with Crippen molar-refractivity contribution in [3.8, 4) is 5.75 Å². The average Bonchev–Trinajstić information content (AvgIpc) is 2.45. The van der Waals surface area contributed by atoms with E-state index in [0.717, 1.165) is 0 Å². The third kappa shape index (κ3) is 4.67. The summed E-state index contributed by atoms with van der Waals surface area (Å²) in [5.41, 5.74) is 5.79. The molecule has 0 spiro atoms. The SMILES string of the molecule is CCC(N)(CC)C(=O)NC(C)c1cccc(OC(F)F)c1. The molecule has 1 amide bonds. The Morgan fingerprint density at radius 3 is 2.52 bits per heavy atom. The van der Waals surface area contributed by atoms with Crippen molar-refractivity contribution in [2.24, 2.45) is 5.73 Å². The van der Waals surface area contributed by atoms with Crippen molar-refractivity contribution in [2.45, 2.75) is 51.8 Å². The highest BCUT2D eigenvalue weighted by atomic mass is 19.3. The van der Waals surface area contributed by atoms with Crippen molar-refractivity contribution in [3.63, 3.8) is 0 Å². The Kier molecular flexibility index (Phi) is 6.08. The van der Waals surface area contributed by atoms with Crippen LogP contribution in [0.4, 0.5) is 8.78 Å². The van der Waals surface area contributed by atoms with E-state index in [1.165, 1.54) is 12.1 Å². The minimum absolute atomic E-state index is 0.0635. The van der Waals surface area contributed by atoms with Crippen molar-refractivity contribution in [3.05, 3.63) is 29.8 Å². The lowest BCUT2D eigenvalue weighted by atomic mass is 9.92. The van der Waals surface area contributed by atoms with Gasteiger partial charge < -0.3 is 15.8 Å². The van der Waals surface area contributed by atoms with E-state index in [1.807, 2.05) is 13.8 Å². The number of halogens is 2. The lowest BCUT2D eigenvalue weighted by Gasteiger charge is -2.27. The van der Waals surface area contributed by atoms with Crippen LogP contribution < -0.4 is 15.8 Å². The summed E-state index contributed by atoms with van der Waals surface area (Å²) >= 11 is 0. The topological polar surface area (TPSA) is 64.4 Å². The number of rotatable bonds is 7. The Morgan fingerprint density at radius 1 is 1.38 bits per heavy atom. The van der Waals surface area contributed by atoms with Crippen molar-refractivity contribution in [1.82, 2.24) is 5.32 Å². The van der Waals surface area contributed by atoms with E-state index in [2.05, 4.69) is 10.1 Å². The zero-order valence-electron chi connectivity index (χ0n) is 12.5. The molecular formula is C15H22F2N2O2. The van der Waals surface area contributed by atoms with Gasteiger partial charge in [-0.3, -0.25) is 4.79 Å². The van der Waals surface area contributed by atoms with Gasteiger partial charge in [-0.1, -0.05) is 26.0 Å². The number of alkyl halides is 2. The minimum Gasteiger partial charge on any atom is -0.435 e. The predicted molar refractivity (Wildman–Crippen MR) is 77.1 cm³/mol. The molecule has 118 valence electrons. The summed E-state index contributed by atoms with van der Waals surface area (Å²) in [6.45, 7) is 2.60. The Labute approximate surface area is 123 Å². The summed E-state index contributed by atoms with van der Waals surface area (Å²) in [4.78, 5) is 12.2. The molecule has 3 N–H and O–H groups in total. The van der Waals surface area contributed by atoms with Crippen molar-refractivity contribution in [1.29, 1.82) is 0 Å². The minimum atomic E-state index is -2.87. The molecule has 0 aromatic heterocycles. The molecule has 0 bridgehead atoms.